The Morgan fingerprint density at radius 1 is 1.28 bits per heavy atom. The number of aromatic nitrogens is 2. The smallest absolute Gasteiger partial charge is 0.240 e. The first-order valence-electron chi connectivity index (χ1n) is 6.79. The third kappa shape index (κ3) is 2.88. The molecule has 3 heterocycles. The third-order valence-corrected chi connectivity index (χ3v) is 3.51. The third-order valence-electron chi connectivity index (χ3n) is 3.51. The minimum Gasteiger partial charge on any atom is -0.367 e. The summed E-state index contributed by atoms with van der Waals surface area (Å²) in [5, 5.41) is 7.29. The van der Waals surface area contributed by atoms with Gasteiger partial charge in [0.2, 0.25) is 11.7 Å². The molecule has 0 saturated carbocycles. The van der Waals surface area contributed by atoms with Gasteiger partial charge >= 0.3 is 0 Å². The highest BCUT2D eigenvalue weighted by Gasteiger charge is 2.22. The van der Waals surface area contributed by atoms with Crippen LogP contribution in [-0.4, -0.2) is 47.8 Å². The van der Waals surface area contributed by atoms with Crippen molar-refractivity contribution in [2.24, 2.45) is 0 Å². The highest BCUT2D eigenvalue weighted by molar-refractivity contribution is 4.93. The molecule has 0 amide bonds. The zero-order valence-corrected chi connectivity index (χ0v) is 10.6. The van der Waals surface area contributed by atoms with Crippen LogP contribution in [0, 0.1) is 0 Å². The van der Waals surface area contributed by atoms with Gasteiger partial charge < -0.3 is 14.6 Å². The molecule has 2 saturated heterocycles. The minimum absolute atomic E-state index is 0.0578. The SMILES string of the molecule is C1CCN(Cc2nc(C3CNCCO3)no2)CC1. The Bertz CT molecular complexity index is 370. The second-order valence-electron chi connectivity index (χ2n) is 4.95. The first-order chi connectivity index (χ1) is 8.92. The number of hydrogen-bond donors (Lipinski definition) is 1. The van der Waals surface area contributed by atoms with Crippen molar-refractivity contribution in [3.63, 3.8) is 0 Å². The Balaban J connectivity index is 1.58. The lowest BCUT2D eigenvalue weighted by molar-refractivity contribution is 0.0208. The van der Waals surface area contributed by atoms with E-state index in [-0.39, 0.29) is 6.10 Å². The predicted molar refractivity (Wildman–Crippen MR) is 65.0 cm³/mol. The van der Waals surface area contributed by atoms with Crippen molar-refractivity contribution in [1.82, 2.24) is 20.4 Å². The number of morpholine rings is 1. The normalized spacial score (nSPS) is 26.3. The van der Waals surface area contributed by atoms with Gasteiger partial charge in [0.25, 0.3) is 0 Å². The van der Waals surface area contributed by atoms with Crippen LogP contribution in [0.4, 0.5) is 0 Å². The van der Waals surface area contributed by atoms with Crippen molar-refractivity contribution in [2.75, 3.05) is 32.8 Å². The van der Waals surface area contributed by atoms with E-state index in [0.29, 0.717) is 18.3 Å². The number of nitrogens with zero attached hydrogens (tertiary/aromatic N) is 3. The molecule has 2 fully saturated rings. The van der Waals surface area contributed by atoms with Crippen molar-refractivity contribution >= 4 is 0 Å². The summed E-state index contributed by atoms with van der Waals surface area (Å²) in [6, 6.07) is 0. The molecule has 1 aromatic heterocycles. The van der Waals surface area contributed by atoms with Gasteiger partial charge in [-0.15, -0.1) is 0 Å². The fraction of sp³-hybridized carbons (Fsp3) is 0.833. The largest absolute Gasteiger partial charge is 0.367 e. The van der Waals surface area contributed by atoms with E-state index in [1.165, 1.54) is 19.3 Å². The van der Waals surface area contributed by atoms with Gasteiger partial charge in [0.05, 0.1) is 13.2 Å². The zero-order valence-electron chi connectivity index (χ0n) is 10.6. The van der Waals surface area contributed by atoms with Crippen LogP contribution in [0.3, 0.4) is 0 Å². The second-order valence-corrected chi connectivity index (χ2v) is 4.95. The molecular formula is C12H20N4O2. The fourth-order valence-electron chi connectivity index (χ4n) is 2.50. The van der Waals surface area contributed by atoms with E-state index >= 15 is 0 Å². The maximum Gasteiger partial charge on any atom is 0.240 e. The van der Waals surface area contributed by atoms with E-state index < -0.39 is 0 Å². The van der Waals surface area contributed by atoms with E-state index in [1.807, 2.05) is 0 Å². The highest BCUT2D eigenvalue weighted by Crippen LogP contribution is 2.17. The Morgan fingerprint density at radius 2 is 2.17 bits per heavy atom. The molecule has 0 aromatic carbocycles. The van der Waals surface area contributed by atoms with Crippen LogP contribution in [0.15, 0.2) is 4.52 Å². The number of ether oxygens (including phenoxy) is 1. The first kappa shape index (κ1) is 12.1. The summed E-state index contributed by atoms with van der Waals surface area (Å²) >= 11 is 0. The molecule has 2 aliphatic heterocycles. The average Bonchev–Trinajstić information content (AvgIpc) is 2.89. The number of nitrogens with one attached hydrogen (secondary N) is 1. The quantitative estimate of drug-likeness (QED) is 0.855. The van der Waals surface area contributed by atoms with Crippen molar-refractivity contribution in [3.8, 4) is 0 Å². The van der Waals surface area contributed by atoms with E-state index in [2.05, 4.69) is 20.4 Å². The van der Waals surface area contributed by atoms with E-state index in [1.54, 1.807) is 0 Å². The van der Waals surface area contributed by atoms with Crippen LogP contribution < -0.4 is 5.32 Å². The predicted octanol–water partition coefficient (Wildman–Crippen LogP) is 0.716. The number of hydrogen-bond acceptors (Lipinski definition) is 6. The molecule has 100 valence electrons. The summed E-state index contributed by atoms with van der Waals surface area (Å²) in [4.78, 5) is 6.82. The van der Waals surface area contributed by atoms with Crippen LogP contribution in [0.25, 0.3) is 0 Å². The van der Waals surface area contributed by atoms with E-state index in [9.17, 15) is 0 Å². The summed E-state index contributed by atoms with van der Waals surface area (Å²) in [7, 11) is 0. The van der Waals surface area contributed by atoms with E-state index in [4.69, 9.17) is 9.26 Å². The molecule has 18 heavy (non-hydrogen) atoms. The van der Waals surface area contributed by atoms with Gasteiger partial charge in [0, 0.05) is 13.1 Å². The molecule has 1 unspecified atom stereocenters. The van der Waals surface area contributed by atoms with Crippen molar-refractivity contribution in [1.29, 1.82) is 0 Å². The van der Waals surface area contributed by atoms with Gasteiger partial charge in [-0.2, -0.15) is 4.98 Å². The lowest BCUT2D eigenvalue weighted by Gasteiger charge is -2.24. The van der Waals surface area contributed by atoms with Crippen molar-refractivity contribution < 1.29 is 9.26 Å². The molecule has 3 rings (SSSR count). The highest BCUT2D eigenvalue weighted by atomic mass is 16.5. The molecule has 0 radical (unpaired) electrons. The lowest BCUT2D eigenvalue weighted by Crippen LogP contribution is -2.34. The molecule has 6 heteroatoms. The molecule has 1 atom stereocenters. The Hall–Kier alpha value is -0.980. The van der Waals surface area contributed by atoms with Crippen LogP contribution in [0.2, 0.25) is 0 Å². The minimum atomic E-state index is -0.0578. The Labute approximate surface area is 107 Å². The number of likely N-dealkylation sites (tertiary alicyclic amines) is 1. The van der Waals surface area contributed by atoms with Crippen LogP contribution in [0.5, 0.6) is 0 Å². The topological polar surface area (TPSA) is 63.4 Å². The number of piperidine rings is 1. The second kappa shape index (κ2) is 5.77. The fourth-order valence-corrected chi connectivity index (χ4v) is 2.50. The maximum atomic E-state index is 5.61. The summed E-state index contributed by atoms with van der Waals surface area (Å²) in [5.74, 6) is 1.38. The van der Waals surface area contributed by atoms with Gasteiger partial charge in [-0.05, 0) is 25.9 Å². The summed E-state index contributed by atoms with van der Waals surface area (Å²) in [6.07, 6.45) is 3.83. The van der Waals surface area contributed by atoms with Gasteiger partial charge in [0.15, 0.2) is 0 Å². The van der Waals surface area contributed by atoms with Crippen LogP contribution >= 0.6 is 0 Å². The summed E-state index contributed by atoms with van der Waals surface area (Å²) in [5.41, 5.74) is 0. The zero-order chi connectivity index (χ0) is 12.2. The molecule has 0 spiro atoms. The lowest BCUT2D eigenvalue weighted by atomic mass is 10.1. The molecule has 1 N–H and O–H groups in total. The van der Waals surface area contributed by atoms with Gasteiger partial charge in [-0.3, -0.25) is 4.90 Å². The monoisotopic (exact) mass is 252 g/mol. The maximum absolute atomic E-state index is 5.61. The Kier molecular flexibility index (Phi) is 3.87. The molecule has 0 bridgehead atoms. The van der Waals surface area contributed by atoms with Crippen LogP contribution in [-0.2, 0) is 11.3 Å². The summed E-state index contributed by atoms with van der Waals surface area (Å²) < 4.78 is 10.9. The van der Waals surface area contributed by atoms with Gasteiger partial charge in [-0.25, -0.2) is 0 Å². The Morgan fingerprint density at radius 3 is 2.94 bits per heavy atom. The van der Waals surface area contributed by atoms with E-state index in [0.717, 1.165) is 32.7 Å². The first-order valence-corrected chi connectivity index (χ1v) is 6.79. The molecule has 1 aromatic rings. The number of rotatable bonds is 3. The van der Waals surface area contributed by atoms with Crippen LogP contribution in [0.1, 0.15) is 37.1 Å². The standard InChI is InChI=1S/C12H20N4O2/c1-2-5-16(6-3-1)9-11-14-12(15-18-11)10-8-13-4-7-17-10/h10,13H,1-9H2. The molecule has 6 nitrogen and oxygen atoms in total. The van der Waals surface area contributed by atoms with Crippen molar-refractivity contribution in [3.05, 3.63) is 11.7 Å². The summed E-state index contributed by atoms with van der Waals surface area (Å²) in [6.45, 7) is 5.42. The van der Waals surface area contributed by atoms with Gasteiger partial charge in [-0.1, -0.05) is 11.6 Å². The van der Waals surface area contributed by atoms with Gasteiger partial charge in [0.1, 0.15) is 6.10 Å². The average molecular weight is 252 g/mol. The molecule has 2 aliphatic rings. The molecule has 0 aliphatic carbocycles. The molecular weight excluding hydrogens is 232 g/mol. The van der Waals surface area contributed by atoms with Crippen molar-refractivity contribution in [2.45, 2.75) is 31.9 Å².